The molecule has 0 saturated carbocycles. The van der Waals surface area contributed by atoms with Crippen LogP contribution in [-0.2, 0) is 4.79 Å². The van der Waals surface area contributed by atoms with Crippen molar-refractivity contribution in [1.29, 1.82) is 0 Å². The molecule has 0 spiro atoms. The van der Waals surface area contributed by atoms with Crippen LogP contribution in [0.2, 0.25) is 0 Å². The molecular formula is C9H15N3O2S. The summed E-state index contributed by atoms with van der Waals surface area (Å²) in [5.74, 6) is 0.846. The minimum Gasteiger partial charge on any atom is -0.416 e. The molecule has 1 heterocycles. The van der Waals surface area contributed by atoms with E-state index in [0.29, 0.717) is 16.9 Å². The van der Waals surface area contributed by atoms with Gasteiger partial charge in [-0.3, -0.25) is 4.79 Å². The fourth-order valence-electron chi connectivity index (χ4n) is 0.920. The van der Waals surface area contributed by atoms with Crippen molar-refractivity contribution in [2.75, 3.05) is 12.3 Å². The summed E-state index contributed by atoms with van der Waals surface area (Å²) in [6.45, 7) is 4.54. The number of amides is 1. The molecule has 0 fully saturated rings. The summed E-state index contributed by atoms with van der Waals surface area (Å²) in [5, 5.41) is 10.7. The molecule has 0 saturated heterocycles. The molecule has 5 nitrogen and oxygen atoms in total. The van der Waals surface area contributed by atoms with Gasteiger partial charge in [-0.05, 0) is 6.42 Å². The van der Waals surface area contributed by atoms with E-state index in [0.717, 1.165) is 19.4 Å². The van der Waals surface area contributed by atoms with Crippen LogP contribution in [0, 0.1) is 6.92 Å². The average molecular weight is 229 g/mol. The molecule has 0 aliphatic rings. The first-order valence-corrected chi connectivity index (χ1v) is 5.90. The molecule has 15 heavy (non-hydrogen) atoms. The molecular weight excluding hydrogens is 214 g/mol. The summed E-state index contributed by atoms with van der Waals surface area (Å²) in [4.78, 5) is 11.3. The van der Waals surface area contributed by atoms with Crippen LogP contribution in [0.4, 0.5) is 0 Å². The Morgan fingerprint density at radius 1 is 1.53 bits per heavy atom. The van der Waals surface area contributed by atoms with Crippen molar-refractivity contribution in [2.24, 2.45) is 0 Å². The summed E-state index contributed by atoms with van der Waals surface area (Å²) in [7, 11) is 0. The van der Waals surface area contributed by atoms with E-state index in [1.54, 1.807) is 6.92 Å². The van der Waals surface area contributed by atoms with Crippen LogP contribution in [0.5, 0.6) is 0 Å². The van der Waals surface area contributed by atoms with Crippen molar-refractivity contribution < 1.29 is 9.21 Å². The molecule has 0 aliphatic heterocycles. The third-order valence-corrected chi connectivity index (χ3v) is 2.51. The normalized spacial score (nSPS) is 10.3. The van der Waals surface area contributed by atoms with Crippen LogP contribution in [-0.4, -0.2) is 28.4 Å². The number of carbonyl (C=O) groups is 1. The summed E-state index contributed by atoms with van der Waals surface area (Å²) in [6.07, 6.45) is 2.09. The van der Waals surface area contributed by atoms with Gasteiger partial charge in [0.1, 0.15) is 0 Å². The van der Waals surface area contributed by atoms with E-state index in [9.17, 15) is 4.79 Å². The average Bonchev–Trinajstić information content (AvgIpc) is 2.62. The number of unbranched alkanes of at least 4 members (excludes halogenated alkanes) is 1. The molecule has 0 radical (unpaired) electrons. The maximum Gasteiger partial charge on any atom is 0.277 e. The summed E-state index contributed by atoms with van der Waals surface area (Å²) < 4.78 is 5.12. The minimum atomic E-state index is 0.00398. The molecule has 1 rings (SSSR count). The van der Waals surface area contributed by atoms with E-state index < -0.39 is 0 Å². The van der Waals surface area contributed by atoms with E-state index in [1.807, 2.05) is 0 Å². The molecule has 1 aromatic rings. The summed E-state index contributed by atoms with van der Waals surface area (Å²) in [6, 6.07) is 0. The second-order valence-corrected chi connectivity index (χ2v) is 4.01. The second kappa shape index (κ2) is 6.44. The first-order chi connectivity index (χ1) is 7.22. The number of nitrogens with zero attached hydrogens (tertiary/aromatic N) is 2. The van der Waals surface area contributed by atoms with Crippen LogP contribution in [0.15, 0.2) is 9.64 Å². The third-order valence-electron chi connectivity index (χ3n) is 1.69. The Morgan fingerprint density at radius 2 is 2.33 bits per heavy atom. The highest BCUT2D eigenvalue weighted by molar-refractivity contribution is 7.99. The highest BCUT2D eigenvalue weighted by atomic mass is 32.2. The van der Waals surface area contributed by atoms with Crippen molar-refractivity contribution in [3.8, 4) is 0 Å². The number of aromatic nitrogens is 2. The van der Waals surface area contributed by atoms with Crippen LogP contribution in [0.25, 0.3) is 0 Å². The fourth-order valence-corrected chi connectivity index (χ4v) is 1.55. The summed E-state index contributed by atoms with van der Waals surface area (Å²) in [5.41, 5.74) is 0. The first-order valence-electron chi connectivity index (χ1n) is 4.92. The van der Waals surface area contributed by atoms with E-state index in [4.69, 9.17) is 4.42 Å². The quantitative estimate of drug-likeness (QED) is 0.589. The van der Waals surface area contributed by atoms with Crippen molar-refractivity contribution >= 4 is 17.7 Å². The fraction of sp³-hybridized carbons (Fsp3) is 0.667. The van der Waals surface area contributed by atoms with Crippen molar-refractivity contribution in [2.45, 2.75) is 31.9 Å². The molecule has 0 unspecified atom stereocenters. The lowest BCUT2D eigenvalue weighted by molar-refractivity contribution is -0.118. The monoisotopic (exact) mass is 229 g/mol. The predicted molar refractivity (Wildman–Crippen MR) is 57.7 cm³/mol. The van der Waals surface area contributed by atoms with E-state index in [1.165, 1.54) is 11.8 Å². The van der Waals surface area contributed by atoms with Gasteiger partial charge in [0.2, 0.25) is 11.8 Å². The largest absolute Gasteiger partial charge is 0.416 e. The molecule has 6 heteroatoms. The number of thioether (sulfide) groups is 1. The van der Waals surface area contributed by atoms with Gasteiger partial charge in [-0.1, -0.05) is 25.1 Å². The zero-order valence-corrected chi connectivity index (χ0v) is 9.76. The standard InChI is InChI=1S/C9H15N3O2S/c1-3-4-5-10-8(13)6-15-9-12-11-7(2)14-9/h3-6H2,1-2H3,(H,10,13). The number of rotatable bonds is 6. The summed E-state index contributed by atoms with van der Waals surface area (Å²) >= 11 is 1.26. The van der Waals surface area contributed by atoms with Gasteiger partial charge in [-0.2, -0.15) is 0 Å². The van der Waals surface area contributed by atoms with Crippen molar-refractivity contribution in [3.05, 3.63) is 5.89 Å². The third kappa shape index (κ3) is 4.83. The lowest BCUT2D eigenvalue weighted by Crippen LogP contribution is -2.25. The molecule has 0 bridgehead atoms. The van der Waals surface area contributed by atoms with Gasteiger partial charge in [0.15, 0.2) is 0 Å². The Bertz CT molecular complexity index is 314. The van der Waals surface area contributed by atoms with Crippen LogP contribution >= 0.6 is 11.8 Å². The van der Waals surface area contributed by atoms with Gasteiger partial charge >= 0.3 is 0 Å². The minimum absolute atomic E-state index is 0.00398. The van der Waals surface area contributed by atoms with Gasteiger partial charge in [0.25, 0.3) is 5.22 Å². The SMILES string of the molecule is CCCCNC(=O)CSc1nnc(C)o1. The number of carbonyl (C=O) groups excluding carboxylic acids is 1. The molecule has 0 aliphatic carbocycles. The zero-order chi connectivity index (χ0) is 11.1. The molecule has 1 amide bonds. The molecule has 1 aromatic heterocycles. The lowest BCUT2D eigenvalue weighted by atomic mass is 10.3. The predicted octanol–water partition coefficient (Wildman–Crippen LogP) is 1.39. The van der Waals surface area contributed by atoms with Crippen LogP contribution in [0.3, 0.4) is 0 Å². The molecule has 1 N–H and O–H groups in total. The van der Waals surface area contributed by atoms with Crippen LogP contribution < -0.4 is 5.32 Å². The van der Waals surface area contributed by atoms with E-state index in [2.05, 4.69) is 22.4 Å². The molecule has 0 aromatic carbocycles. The Labute approximate surface area is 93.0 Å². The Kier molecular flexibility index (Phi) is 5.17. The Hall–Kier alpha value is -1.04. The number of hydrogen-bond donors (Lipinski definition) is 1. The van der Waals surface area contributed by atoms with Gasteiger partial charge in [0.05, 0.1) is 5.75 Å². The van der Waals surface area contributed by atoms with Crippen molar-refractivity contribution in [1.82, 2.24) is 15.5 Å². The topological polar surface area (TPSA) is 68.0 Å². The number of aryl methyl sites for hydroxylation is 1. The second-order valence-electron chi connectivity index (χ2n) is 3.08. The lowest BCUT2D eigenvalue weighted by Gasteiger charge is -2.01. The maximum atomic E-state index is 11.3. The highest BCUT2D eigenvalue weighted by Crippen LogP contribution is 2.14. The molecule has 0 atom stereocenters. The van der Waals surface area contributed by atoms with E-state index >= 15 is 0 Å². The highest BCUT2D eigenvalue weighted by Gasteiger charge is 2.06. The zero-order valence-electron chi connectivity index (χ0n) is 8.95. The van der Waals surface area contributed by atoms with Crippen LogP contribution in [0.1, 0.15) is 25.7 Å². The Balaban J connectivity index is 2.16. The van der Waals surface area contributed by atoms with Gasteiger partial charge < -0.3 is 9.73 Å². The number of hydrogen-bond acceptors (Lipinski definition) is 5. The first kappa shape index (κ1) is 12.0. The van der Waals surface area contributed by atoms with E-state index in [-0.39, 0.29) is 5.91 Å². The van der Waals surface area contributed by atoms with Gasteiger partial charge in [0, 0.05) is 13.5 Å². The smallest absolute Gasteiger partial charge is 0.277 e. The maximum absolute atomic E-state index is 11.3. The van der Waals surface area contributed by atoms with Gasteiger partial charge in [-0.25, -0.2) is 0 Å². The Morgan fingerprint density at radius 3 is 2.93 bits per heavy atom. The molecule has 84 valence electrons. The van der Waals surface area contributed by atoms with Crippen molar-refractivity contribution in [3.63, 3.8) is 0 Å². The number of nitrogens with one attached hydrogen (secondary N) is 1. The van der Waals surface area contributed by atoms with Gasteiger partial charge in [-0.15, -0.1) is 10.2 Å².